The predicted octanol–water partition coefficient (Wildman–Crippen LogP) is 1.21. The molecule has 7 nitrogen and oxygen atoms in total. The summed E-state index contributed by atoms with van der Waals surface area (Å²) in [6.07, 6.45) is 6.71. The molecule has 1 unspecified atom stereocenters. The Labute approximate surface area is 147 Å². The van der Waals surface area contributed by atoms with Crippen LogP contribution in [0.15, 0.2) is 23.6 Å². The zero-order valence-corrected chi connectivity index (χ0v) is 15.1. The molecule has 2 aliphatic rings. The minimum Gasteiger partial charge on any atom is -0.376 e. The standard InChI is InChI=1S/C15H23N3O4S2/c19-24(20,11-13-10-21-8-9-22-13)18-12-2-4-14(5-3-12)23-15-16-6-1-7-17-15/h1,6-7,12-14,18H,2-5,8-11H2. The third-order valence-corrected chi connectivity index (χ3v) is 6.85. The highest BCUT2D eigenvalue weighted by Gasteiger charge is 2.28. The van der Waals surface area contributed by atoms with Gasteiger partial charge in [0.1, 0.15) is 0 Å². The summed E-state index contributed by atoms with van der Waals surface area (Å²) in [4.78, 5) is 8.46. The van der Waals surface area contributed by atoms with Crippen LogP contribution in [0.4, 0.5) is 0 Å². The SMILES string of the molecule is O=S(=O)(CC1COCCO1)NC1CCC(Sc2ncccn2)CC1. The molecule has 9 heteroatoms. The molecule has 24 heavy (non-hydrogen) atoms. The van der Waals surface area contributed by atoms with Gasteiger partial charge < -0.3 is 9.47 Å². The van der Waals surface area contributed by atoms with E-state index in [4.69, 9.17) is 9.47 Å². The average Bonchev–Trinajstić information content (AvgIpc) is 2.58. The highest BCUT2D eigenvalue weighted by molar-refractivity contribution is 7.99. The van der Waals surface area contributed by atoms with Crippen LogP contribution in [-0.4, -0.2) is 61.4 Å². The third-order valence-electron chi connectivity index (χ3n) is 4.12. The Morgan fingerprint density at radius 2 is 1.92 bits per heavy atom. The van der Waals surface area contributed by atoms with E-state index in [0.29, 0.717) is 25.1 Å². The number of hydrogen-bond donors (Lipinski definition) is 1. The van der Waals surface area contributed by atoms with Crippen molar-refractivity contribution in [3.05, 3.63) is 18.5 Å². The topological polar surface area (TPSA) is 90.4 Å². The van der Waals surface area contributed by atoms with E-state index in [2.05, 4.69) is 14.7 Å². The first-order valence-corrected chi connectivity index (χ1v) is 10.8. The zero-order chi connectivity index (χ0) is 16.8. The van der Waals surface area contributed by atoms with Crippen molar-refractivity contribution in [2.45, 2.75) is 48.2 Å². The molecule has 134 valence electrons. The fraction of sp³-hybridized carbons (Fsp3) is 0.733. The van der Waals surface area contributed by atoms with Crippen LogP contribution in [0.1, 0.15) is 25.7 Å². The second-order valence-corrected chi connectivity index (χ2v) is 9.16. The van der Waals surface area contributed by atoms with Crippen LogP contribution in [0.3, 0.4) is 0 Å². The zero-order valence-electron chi connectivity index (χ0n) is 13.5. The van der Waals surface area contributed by atoms with Gasteiger partial charge in [-0.1, -0.05) is 11.8 Å². The van der Waals surface area contributed by atoms with Crippen molar-refractivity contribution in [1.29, 1.82) is 0 Å². The van der Waals surface area contributed by atoms with Gasteiger partial charge in [-0.2, -0.15) is 0 Å². The van der Waals surface area contributed by atoms with Crippen molar-refractivity contribution in [2.75, 3.05) is 25.6 Å². The minimum absolute atomic E-state index is 0.00745. The number of ether oxygens (including phenoxy) is 2. The maximum atomic E-state index is 12.3. The van der Waals surface area contributed by atoms with Gasteiger partial charge in [0.25, 0.3) is 0 Å². The molecular weight excluding hydrogens is 350 g/mol. The summed E-state index contributed by atoms with van der Waals surface area (Å²) in [5.41, 5.74) is 0. The maximum Gasteiger partial charge on any atom is 0.214 e. The molecule has 0 aromatic carbocycles. The van der Waals surface area contributed by atoms with E-state index in [-0.39, 0.29) is 17.9 Å². The molecule has 1 N–H and O–H groups in total. The molecule has 1 saturated heterocycles. The predicted molar refractivity (Wildman–Crippen MR) is 91.4 cm³/mol. The summed E-state index contributed by atoms with van der Waals surface area (Å²) < 4.78 is 38.0. The lowest BCUT2D eigenvalue weighted by atomic mass is 9.96. The Balaban J connectivity index is 1.42. The lowest BCUT2D eigenvalue weighted by Crippen LogP contribution is -2.44. The number of sulfonamides is 1. The van der Waals surface area contributed by atoms with Crippen LogP contribution >= 0.6 is 11.8 Å². The number of nitrogens with zero attached hydrogens (tertiary/aromatic N) is 2. The number of rotatable bonds is 6. The van der Waals surface area contributed by atoms with Gasteiger partial charge in [-0.05, 0) is 31.7 Å². The molecule has 1 aliphatic heterocycles. The van der Waals surface area contributed by atoms with Crippen molar-refractivity contribution in [1.82, 2.24) is 14.7 Å². The highest BCUT2D eigenvalue weighted by Crippen LogP contribution is 2.32. The molecule has 1 atom stereocenters. The highest BCUT2D eigenvalue weighted by atomic mass is 32.2. The van der Waals surface area contributed by atoms with Gasteiger partial charge >= 0.3 is 0 Å². The van der Waals surface area contributed by atoms with E-state index in [1.807, 2.05) is 0 Å². The summed E-state index contributed by atoms with van der Waals surface area (Å²) in [6.45, 7) is 1.35. The lowest BCUT2D eigenvalue weighted by Gasteiger charge is -2.29. The fourth-order valence-corrected chi connectivity index (χ4v) is 5.54. The van der Waals surface area contributed by atoms with Crippen molar-refractivity contribution in [2.24, 2.45) is 0 Å². The largest absolute Gasteiger partial charge is 0.376 e. The van der Waals surface area contributed by atoms with Gasteiger partial charge in [0.15, 0.2) is 5.16 Å². The number of hydrogen-bond acceptors (Lipinski definition) is 7. The van der Waals surface area contributed by atoms with Crippen LogP contribution in [0.2, 0.25) is 0 Å². The second kappa shape index (κ2) is 8.57. The molecule has 1 saturated carbocycles. The summed E-state index contributed by atoms with van der Waals surface area (Å²) in [7, 11) is -3.34. The molecule has 0 bridgehead atoms. The summed E-state index contributed by atoms with van der Waals surface area (Å²) in [5, 5.41) is 1.24. The molecule has 3 rings (SSSR count). The first-order valence-electron chi connectivity index (χ1n) is 8.24. The van der Waals surface area contributed by atoms with Crippen LogP contribution in [0.5, 0.6) is 0 Å². The number of thioether (sulfide) groups is 1. The monoisotopic (exact) mass is 373 g/mol. The van der Waals surface area contributed by atoms with Crippen molar-refractivity contribution in [3.8, 4) is 0 Å². The van der Waals surface area contributed by atoms with E-state index in [1.54, 1.807) is 30.2 Å². The molecule has 0 amide bonds. The molecular formula is C15H23N3O4S2. The Morgan fingerprint density at radius 1 is 1.17 bits per heavy atom. The fourth-order valence-electron chi connectivity index (χ4n) is 2.97. The Morgan fingerprint density at radius 3 is 2.58 bits per heavy atom. The Bertz CT molecular complexity index is 600. The van der Waals surface area contributed by atoms with Gasteiger partial charge in [0, 0.05) is 23.7 Å². The summed E-state index contributed by atoms with van der Waals surface area (Å²) in [6, 6.07) is 1.81. The van der Waals surface area contributed by atoms with Crippen molar-refractivity contribution >= 4 is 21.8 Å². The number of aromatic nitrogens is 2. The van der Waals surface area contributed by atoms with Crippen LogP contribution < -0.4 is 4.72 Å². The molecule has 1 aromatic heterocycles. The van der Waals surface area contributed by atoms with E-state index in [1.165, 1.54) is 0 Å². The van der Waals surface area contributed by atoms with Gasteiger partial charge in [0.2, 0.25) is 10.0 Å². The van der Waals surface area contributed by atoms with E-state index in [0.717, 1.165) is 30.8 Å². The molecule has 2 heterocycles. The Hall–Kier alpha value is -0.740. The third kappa shape index (κ3) is 5.66. The van der Waals surface area contributed by atoms with Crippen LogP contribution in [0, 0.1) is 0 Å². The molecule has 1 aliphatic carbocycles. The van der Waals surface area contributed by atoms with Gasteiger partial charge in [0.05, 0.1) is 31.7 Å². The summed E-state index contributed by atoms with van der Waals surface area (Å²) in [5.74, 6) is -0.0282. The van der Waals surface area contributed by atoms with Crippen molar-refractivity contribution in [3.63, 3.8) is 0 Å². The maximum absolute atomic E-state index is 12.3. The first kappa shape index (κ1) is 18.1. The molecule has 0 radical (unpaired) electrons. The van der Waals surface area contributed by atoms with E-state index >= 15 is 0 Å². The smallest absolute Gasteiger partial charge is 0.214 e. The molecule has 2 fully saturated rings. The van der Waals surface area contributed by atoms with E-state index < -0.39 is 10.0 Å². The lowest BCUT2D eigenvalue weighted by molar-refractivity contribution is -0.0783. The van der Waals surface area contributed by atoms with Crippen molar-refractivity contribution < 1.29 is 17.9 Å². The van der Waals surface area contributed by atoms with Gasteiger partial charge in [-0.15, -0.1) is 0 Å². The van der Waals surface area contributed by atoms with Crippen LogP contribution in [0.25, 0.3) is 0 Å². The van der Waals surface area contributed by atoms with Crippen LogP contribution in [-0.2, 0) is 19.5 Å². The minimum atomic E-state index is -3.34. The van der Waals surface area contributed by atoms with Gasteiger partial charge in [-0.3, -0.25) is 0 Å². The summed E-state index contributed by atoms with van der Waals surface area (Å²) >= 11 is 1.68. The first-order chi connectivity index (χ1) is 11.6. The normalized spacial score (nSPS) is 28.6. The quantitative estimate of drug-likeness (QED) is 0.750. The number of nitrogens with one attached hydrogen (secondary N) is 1. The van der Waals surface area contributed by atoms with Gasteiger partial charge in [-0.25, -0.2) is 23.1 Å². The average molecular weight is 374 g/mol. The van der Waals surface area contributed by atoms with E-state index in [9.17, 15) is 8.42 Å². The molecule has 1 aromatic rings. The Kier molecular flexibility index (Phi) is 6.45. The second-order valence-electron chi connectivity index (χ2n) is 6.09. The molecule has 0 spiro atoms.